The molecule has 0 spiro atoms. The molecule has 8 heteroatoms. The van der Waals surface area contributed by atoms with E-state index >= 15 is 0 Å². The van der Waals surface area contributed by atoms with E-state index in [2.05, 4.69) is 15.0 Å². The van der Waals surface area contributed by atoms with Gasteiger partial charge in [-0.15, -0.1) is 0 Å². The first-order valence-corrected chi connectivity index (χ1v) is 7.18. The monoisotopic (exact) mass is 306 g/mol. The minimum atomic E-state index is -0.943. The molecule has 1 atom stereocenters. The predicted octanol–water partition coefficient (Wildman–Crippen LogP) is 0.355. The summed E-state index contributed by atoms with van der Waals surface area (Å²) < 4.78 is 10.2. The summed E-state index contributed by atoms with van der Waals surface area (Å²) >= 11 is 0. The molecule has 1 saturated heterocycles. The second-order valence-electron chi connectivity index (χ2n) is 5.31. The lowest BCUT2D eigenvalue weighted by molar-refractivity contribution is -0.141. The molecule has 0 saturated carbocycles. The van der Waals surface area contributed by atoms with Gasteiger partial charge >= 0.3 is 0 Å². The van der Waals surface area contributed by atoms with Gasteiger partial charge in [0.15, 0.2) is 5.82 Å². The summed E-state index contributed by atoms with van der Waals surface area (Å²) in [6.07, 6.45) is 2.16. The minimum Gasteiger partial charge on any atom is -0.472 e. The molecule has 118 valence electrons. The van der Waals surface area contributed by atoms with Crippen molar-refractivity contribution in [2.75, 3.05) is 26.2 Å². The molecule has 1 aliphatic heterocycles. The number of carbonyl (C=O) groups is 1. The molecule has 8 nitrogen and oxygen atoms in total. The Morgan fingerprint density at radius 1 is 1.41 bits per heavy atom. The third kappa shape index (κ3) is 3.18. The van der Waals surface area contributed by atoms with Gasteiger partial charge < -0.3 is 18.9 Å². The molecule has 3 heterocycles. The van der Waals surface area contributed by atoms with E-state index in [1.165, 1.54) is 6.92 Å². The number of hydrogen-bond acceptors (Lipinski definition) is 7. The highest BCUT2D eigenvalue weighted by molar-refractivity contribution is 5.80. The molecule has 0 aromatic carbocycles. The van der Waals surface area contributed by atoms with Crippen LogP contribution >= 0.6 is 0 Å². The summed E-state index contributed by atoms with van der Waals surface area (Å²) in [5.41, 5.74) is 0.756. The zero-order chi connectivity index (χ0) is 15.5. The standard InChI is InChI=1S/C14H18N4O4/c1-10(19)14(20)18-5-3-17(4-6-18)8-12-15-13(22-16-12)11-2-7-21-9-11/h2,7,9-10,19H,3-6,8H2,1H3. The van der Waals surface area contributed by atoms with Crippen LogP contribution in [0.1, 0.15) is 12.7 Å². The SMILES string of the molecule is CC(O)C(=O)N1CCN(Cc2noc(-c3ccoc3)n2)CC1. The largest absolute Gasteiger partial charge is 0.472 e. The van der Waals surface area contributed by atoms with Crippen molar-refractivity contribution in [3.8, 4) is 11.5 Å². The fourth-order valence-electron chi connectivity index (χ4n) is 2.41. The van der Waals surface area contributed by atoms with Crippen LogP contribution in [0.5, 0.6) is 0 Å². The Hall–Kier alpha value is -2.19. The molecule has 1 fully saturated rings. The number of amides is 1. The Bertz CT molecular complexity index is 615. The van der Waals surface area contributed by atoms with Crippen LogP contribution in [0, 0.1) is 0 Å². The molecule has 0 radical (unpaired) electrons. The molecule has 1 unspecified atom stereocenters. The van der Waals surface area contributed by atoms with Crippen molar-refractivity contribution in [1.82, 2.24) is 19.9 Å². The molecule has 22 heavy (non-hydrogen) atoms. The number of furan rings is 1. The van der Waals surface area contributed by atoms with Crippen LogP contribution in [-0.4, -0.2) is 63.2 Å². The lowest BCUT2D eigenvalue weighted by Crippen LogP contribution is -2.50. The summed E-state index contributed by atoms with van der Waals surface area (Å²) in [5.74, 6) is 0.819. The van der Waals surface area contributed by atoms with Gasteiger partial charge in [0.25, 0.3) is 11.8 Å². The Balaban J connectivity index is 1.54. The van der Waals surface area contributed by atoms with Crippen molar-refractivity contribution < 1.29 is 18.8 Å². The van der Waals surface area contributed by atoms with E-state index in [1.54, 1.807) is 23.5 Å². The van der Waals surface area contributed by atoms with E-state index < -0.39 is 6.10 Å². The highest BCUT2D eigenvalue weighted by Gasteiger charge is 2.24. The minimum absolute atomic E-state index is 0.221. The first-order valence-electron chi connectivity index (χ1n) is 7.18. The zero-order valence-electron chi connectivity index (χ0n) is 12.3. The Morgan fingerprint density at radius 2 is 2.18 bits per heavy atom. The lowest BCUT2D eigenvalue weighted by Gasteiger charge is -2.34. The topological polar surface area (TPSA) is 95.8 Å². The normalized spacial score (nSPS) is 17.6. The Labute approximate surface area is 127 Å². The molecule has 0 aliphatic carbocycles. The number of carbonyl (C=O) groups excluding carboxylic acids is 1. The molecule has 3 rings (SSSR count). The van der Waals surface area contributed by atoms with Crippen LogP contribution in [0.15, 0.2) is 27.5 Å². The van der Waals surface area contributed by atoms with Crippen molar-refractivity contribution >= 4 is 5.91 Å². The molecule has 0 bridgehead atoms. The number of hydrogen-bond donors (Lipinski definition) is 1. The first-order chi connectivity index (χ1) is 10.6. The van der Waals surface area contributed by atoms with Crippen molar-refractivity contribution in [2.45, 2.75) is 19.6 Å². The average molecular weight is 306 g/mol. The van der Waals surface area contributed by atoms with E-state index in [4.69, 9.17) is 8.94 Å². The van der Waals surface area contributed by atoms with Crippen molar-refractivity contribution in [3.05, 3.63) is 24.4 Å². The quantitative estimate of drug-likeness (QED) is 0.871. The van der Waals surface area contributed by atoms with Crippen molar-refractivity contribution in [1.29, 1.82) is 0 Å². The molecule has 1 N–H and O–H groups in total. The summed E-state index contributed by atoms with van der Waals surface area (Å²) in [6.45, 7) is 4.68. The first kappa shape index (κ1) is 14.7. The number of aromatic nitrogens is 2. The van der Waals surface area contributed by atoms with Crippen molar-refractivity contribution in [3.63, 3.8) is 0 Å². The Morgan fingerprint density at radius 3 is 2.82 bits per heavy atom. The van der Waals surface area contributed by atoms with Crippen LogP contribution in [0.2, 0.25) is 0 Å². The lowest BCUT2D eigenvalue weighted by atomic mass is 10.2. The summed E-state index contributed by atoms with van der Waals surface area (Å²) in [5, 5.41) is 13.3. The second-order valence-corrected chi connectivity index (χ2v) is 5.31. The molecular formula is C14H18N4O4. The van der Waals surface area contributed by atoms with E-state index in [1.807, 2.05) is 0 Å². The van der Waals surface area contributed by atoms with Gasteiger partial charge in [0.2, 0.25) is 0 Å². The number of aliphatic hydroxyl groups excluding tert-OH is 1. The number of rotatable bonds is 4. The van der Waals surface area contributed by atoms with Crippen LogP contribution in [-0.2, 0) is 11.3 Å². The molecule has 1 aliphatic rings. The second kappa shape index (κ2) is 6.29. The van der Waals surface area contributed by atoms with Gasteiger partial charge in [-0.3, -0.25) is 9.69 Å². The van der Waals surface area contributed by atoms with E-state index in [-0.39, 0.29) is 5.91 Å². The average Bonchev–Trinajstić information content (AvgIpc) is 3.18. The van der Waals surface area contributed by atoms with Gasteiger partial charge in [-0.2, -0.15) is 4.98 Å². The van der Waals surface area contributed by atoms with E-state index in [0.29, 0.717) is 44.4 Å². The predicted molar refractivity (Wildman–Crippen MR) is 75.5 cm³/mol. The molecule has 2 aromatic heterocycles. The number of aliphatic hydroxyl groups is 1. The van der Waals surface area contributed by atoms with Crippen molar-refractivity contribution in [2.24, 2.45) is 0 Å². The van der Waals surface area contributed by atoms with Gasteiger partial charge in [-0.1, -0.05) is 5.16 Å². The highest BCUT2D eigenvalue weighted by atomic mass is 16.5. The zero-order valence-corrected chi connectivity index (χ0v) is 12.3. The Kier molecular flexibility index (Phi) is 4.21. The van der Waals surface area contributed by atoms with Crippen LogP contribution < -0.4 is 0 Å². The summed E-state index contributed by atoms with van der Waals surface area (Å²) in [4.78, 5) is 19.9. The van der Waals surface area contributed by atoms with Crippen LogP contribution in [0.3, 0.4) is 0 Å². The molecule has 2 aromatic rings. The maximum absolute atomic E-state index is 11.7. The third-order valence-corrected chi connectivity index (χ3v) is 3.64. The smallest absolute Gasteiger partial charge is 0.261 e. The summed E-state index contributed by atoms with van der Waals surface area (Å²) in [7, 11) is 0. The third-order valence-electron chi connectivity index (χ3n) is 3.64. The van der Waals surface area contributed by atoms with Crippen LogP contribution in [0.4, 0.5) is 0 Å². The fourth-order valence-corrected chi connectivity index (χ4v) is 2.41. The maximum Gasteiger partial charge on any atom is 0.261 e. The van der Waals surface area contributed by atoms with Gasteiger partial charge in [0, 0.05) is 26.2 Å². The van der Waals surface area contributed by atoms with Gasteiger partial charge in [-0.25, -0.2) is 0 Å². The molecular weight excluding hydrogens is 288 g/mol. The van der Waals surface area contributed by atoms with E-state index in [0.717, 1.165) is 5.56 Å². The van der Waals surface area contributed by atoms with E-state index in [9.17, 15) is 9.90 Å². The van der Waals surface area contributed by atoms with Gasteiger partial charge in [0.05, 0.1) is 18.4 Å². The van der Waals surface area contributed by atoms with Crippen LogP contribution in [0.25, 0.3) is 11.5 Å². The highest BCUT2D eigenvalue weighted by Crippen LogP contribution is 2.17. The fraction of sp³-hybridized carbons (Fsp3) is 0.500. The summed E-state index contributed by atoms with van der Waals surface area (Å²) in [6, 6.07) is 1.76. The number of piperazine rings is 1. The number of nitrogens with zero attached hydrogens (tertiary/aromatic N) is 4. The van der Waals surface area contributed by atoms with Gasteiger partial charge in [0.1, 0.15) is 12.4 Å². The maximum atomic E-state index is 11.7. The van der Waals surface area contributed by atoms with Gasteiger partial charge in [-0.05, 0) is 13.0 Å². The molecule has 1 amide bonds.